The van der Waals surface area contributed by atoms with Crippen molar-refractivity contribution in [1.82, 2.24) is 0 Å². The number of carbonyl (C=O) groups is 2. The summed E-state index contributed by atoms with van der Waals surface area (Å²) < 4.78 is 5.11. The first-order chi connectivity index (χ1) is 10.5. The molecule has 0 unspecified atom stereocenters. The highest BCUT2D eigenvalue weighted by atomic mass is 16.5. The number of anilines is 1. The van der Waals surface area contributed by atoms with Crippen LogP contribution in [0.3, 0.4) is 0 Å². The number of carbonyl (C=O) groups excluding carboxylic acids is 1. The van der Waals surface area contributed by atoms with Gasteiger partial charge >= 0.3 is 5.97 Å². The van der Waals surface area contributed by atoms with E-state index in [0.717, 1.165) is 11.1 Å². The minimum atomic E-state index is -1.07. The second-order valence-corrected chi connectivity index (χ2v) is 4.93. The zero-order valence-corrected chi connectivity index (χ0v) is 12.4. The Labute approximate surface area is 128 Å². The predicted molar refractivity (Wildman–Crippen MR) is 83.5 cm³/mol. The molecular formula is C17H17NO4. The van der Waals surface area contributed by atoms with Crippen LogP contribution in [0, 0.1) is 6.92 Å². The molecule has 0 aliphatic rings. The Kier molecular flexibility index (Phi) is 4.78. The number of carboxylic acid groups (broad SMARTS) is 1. The molecule has 0 atom stereocenters. The van der Waals surface area contributed by atoms with Gasteiger partial charge in [-0.1, -0.05) is 23.8 Å². The molecule has 0 aliphatic heterocycles. The third-order valence-electron chi connectivity index (χ3n) is 3.18. The summed E-state index contributed by atoms with van der Waals surface area (Å²) in [5, 5.41) is 11.8. The third-order valence-corrected chi connectivity index (χ3v) is 3.18. The van der Waals surface area contributed by atoms with Gasteiger partial charge in [0.1, 0.15) is 5.75 Å². The van der Waals surface area contributed by atoms with Gasteiger partial charge < -0.3 is 15.2 Å². The fourth-order valence-electron chi connectivity index (χ4n) is 2.11. The summed E-state index contributed by atoms with van der Waals surface area (Å²) in [5.74, 6) is -0.674. The highest BCUT2D eigenvalue weighted by Crippen LogP contribution is 2.18. The normalized spacial score (nSPS) is 10.1. The lowest BCUT2D eigenvalue weighted by atomic mass is 10.1. The Bertz CT molecular complexity index is 710. The molecule has 0 saturated heterocycles. The molecule has 0 fully saturated rings. The molecule has 2 aromatic carbocycles. The van der Waals surface area contributed by atoms with Gasteiger partial charge in [-0.05, 0) is 36.8 Å². The van der Waals surface area contributed by atoms with Crippen LogP contribution in [0.1, 0.15) is 21.5 Å². The number of carboxylic acids is 1. The van der Waals surface area contributed by atoms with Crippen molar-refractivity contribution >= 4 is 17.6 Å². The van der Waals surface area contributed by atoms with E-state index >= 15 is 0 Å². The van der Waals surface area contributed by atoms with Gasteiger partial charge in [0.25, 0.3) is 0 Å². The number of nitrogens with one attached hydrogen (secondary N) is 1. The van der Waals surface area contributed by atoms with Crippen molar-refractivity contribution in [2.75, 3.05) is 12.4 Å². The molecule has 5 nitrogen and oxygen atoms in total. The van der Waals surface area contributed by atoms with Gasteiger partial charge in [0, 0.05) is 0 Å². The molecule has 114 valence electrons. The molecular weight excluding hydrogens is 282 g/mol. The highest BCUT2D eigenvalue weighted by molar-refractivity contribution is 6.01. The first-order valence-corrected chi connectivity index (χ1v) is 6.76. The molecule has 0 bridgehead atoms. The smallest absolute Gasteiger partial charge is 0.337 e. The molecule has 0 saturated carbocycles. The zero-order valence-electron chi connectivity index (χ0n) is 12.4. The van der Waals surface area contributed by atoms with Crippen LogP contribution in [0.2, 0.25) is 0 Å². The van der Waals surface area contributed by atoms with Gasteiger partial charge in [-0.15, -0.1) is 0 Å². The Hall–Kier alpha value is -2.82. The number of hydrogen-bond acceptors (Lipinski definition) is 3. The van der Waals surface area contributed by atoms with Crippen molar-refractivity contribution in [1.29, 1.82) is 0 Å². The van der Waals surface area contributed by atoms with Crippen LogP contribution in [0.15, 0.2) is 42.5 Å². The molecule has 0 heterocycles. The van der Waals surface area contributed by atoms with E-state index in [1.807, 2.05) is 6.07 Å². The Balaban J connectivity index is 2.13. The number of rotatable bonds is 5. The number of methoxy groups -OCH3 is 1. The molecule has 5 heteroatoms. The number of ether oxygens (including phenoxy) is 1. The monoisotopic (exact) mass is 299 g/mol. The zero-order chi connectivity index (χ0) is 16.1. The van der Waals surface area contributed by atoms with Crippen molar-refractivity contribution < 1.29 is 19.4 Å². The first-order valence-electron chi connectivity index (χ1n) is 6.76. The fraction of sp³-hybridized carbons (Fsp3) is 0.176. The molecule has 1 amide bonds. The van der Waals surface area contributed by atoms with E-state index < -0.39 is 5.97 Å². The molecule has 0 aliphatic carbocycles. The van der Waals surface area contributed by atoms with E-state index in [4.69, 9.17) is 4.74 Å². The van der Waals surface area contributed by atoms with Gasteiger partial charge in [0.05, 0.1) is 24.8 Å². The molecule has 0 aromatic heterocycles. The summed E-state index contributed by atoms with van der Waals surface area (Å²) in [5.41, 5.74) is 1.99. The fourth-order valence-corrected chi connectivity index (χ4v) is 2.11. The van der Waals surface area contributed by atoms with Crippen molar-refractivity contribution in [3.63, 3.8) is 0 Å². The van der Waals surface area contributed by atoms with E-state index in [0.29, 0.717) is 11.4 Å². The maximum atomic E-state index is 12.1. The van der Waals surface area contributed by atoms with Crippen LogP contribution in [-0.4, -0.2) is 24.1 Å². The molecule has 0 spiro atoms. The third kappa shape index (κ3) is 3.85. The Morgan fingerprint density at radius 2 is 1.95 bits per heavy atom. The van der Waals surface area contributed by atoms with Crippen LogP contribution in [0.5, 0.6) is 5.75 Å². The second-order valence-electron chi connectivity index (χ2n) is 4.93. The summed E-state index contributed by atoms with van der Waals surface area (Å²) in [6.45, 7) is 1.80. The number of benzene rings is 2. The van der Waals surface area contributed by atoms with E-state index in [1.54, 1.807) is 44.4 Å². The Morgan fingerprint density at radius 1 is 1.18 bits per heavy atom. The standard InChI is InChI=1S/C17H17NO4/c1-11-6-7-15(14(8-11)17(20)21)18-16(19)10-12-4-3-5-13(9-12)22-2/h3-9H,10H2,1-2H3,(H,18,19)(H,20,21). The largest absolute Gasteiger partial charge is 0.497 e. The molecule has 22 heavy (non-hydrogen) atoms. The number of hydrogen-bond donors (Lipinski definition) is 2. The molecule has 2 aromatic rings. The molecule has 2 rings (SSSR count). The van der Waals surface area contributed by atoms with E-state index in [1.165, 1.54) is 6.07 Å². The maximum Gasteiger partial charge on any atom is 0.337 e. The van der Waals surface area contributed by atoms with Crippen molar-refractivity contribution in [3.05, 3.63) is 59.2 Å². The summed E-state index contributed by atoms with van der Waals surface area (Å²) in [4.78, 5) is 23.3. The lowest BCUT2D eigenvalue weighted by Gasteiger charge is -2.10. The number of amides is 1. The minimum absolute atomic E-state index is 0.0824. The maximum absolute atomic E-state index is 12.1. The van der Waals surface area contributed by atoms with Gasteiger partial charge in [-0.3, -0.25) is 4.79 Å². The second kappa shape index (κ2) is 6.76. The van der Waals surface area contributed by atoms with Gasteiger partial charge in [-0.2, -0.15) is 0 Å². The van der Waals surface area contributed by atoms with Crippen molar-refractivity contribution in [2.45, 2.75) is 13.3 Å². The van der Waals surface area contributed by atoms with Crippen LogP contribution in [-0.2, 0) is 11.2 Å². The van der Waals surface area contributed by atoms with Crippen molar-refractivity contribution in [3.8, 4) is 5.75 Å². The topological polar surface area (TPSA) is 75.6 Å². The average Bonchev–Trinajstić information content (AvgIpc) is 2.49. The van der Waals surface area contributed by atoms with E-state index in [-0.39, 0.29) is 17.9 Å². The van der Waals surface area contributed by atoms with Crippen LogP contribution in [0.4, 0.5) is 5.69 Å². The summed E-state index contributed by atoms with van der Waals surface area (Å²) in [6.07, 6.45) is 0.143. The van der Waals surface area contributed by atoms with Crippen molar-refractivity contribution in [2.24, 2.45) is 0 Å². The Morgan fingerprint density at radius 3 is 2.64 bits per heavy atom. The van der Waals surface area contributed by atoms with E-state index in [9.17, 15) is 14.7 Å². The summed E-state index contributed by atoms with van der Waals surface area (Å²) >= 11 is 0. The molecule has 2 N–H and O–H groups in total. The van der Waals surface area contributed by atoms with Gasteiger partial charge in [0.2, 0.25) is 5.91 Å². The first kappa shape index (κ1) is 15.6. The summed E-state index contributed by atoms with van der Waals surface area (Å²) in [6, 6.07) is 12.1. The van der Waals surface area contributed by atoms with Gasteiger partial charge in [0.15, 0.2) is 0 Å². The van der Waals surface area contributed by atoms with Crippen LogP contribution >= 0.6 is 0 Å². The summed E-state index contributed by atoms with van der Waals surface area (Å²) in [7, 11) is 1.56. The highest BCUT2D eigenvalue weighted by Gasteiger charge is 2.13. The van der Waals surface area contributed by atoms with Crippen LogP contribution < -0.4 is 10.1 Å². The number of aromatic carboxylic acids is 1. The average molecular weight is 299 g/mol. The van der Waals surface area contributed by atoms with Gasteiger partial charge in [-0.25, -0.2) is 4.79 Å². The molecule has 0 radical (unpaired) electrons. The van der Waals surface area contributed by atoms with E-state index in [2.05, 4.69) is 5.32 Å². The lowest BCUT2D eigenvalue weighted by molar-refractivity contribution is -0.115. The SMILES string of the molecule is COc1cccc(CC(=O)Nc2ccc(C)cc2C(=O)O)c1. The quantitative estimate of drug-likeness (QED) is 0.890. The lowest BCUT2D eigenvalue weighted by Crippen LogP contribution is -2.17. The number of aryl methyl sites for hydroxylation is 1. The minimum Gasteiger partial charge on any atom is -0.497 e. The predicted octanol–water partition coefficient (Wildman–Crippen LogP) is 2.88. The van der Waals surface area contributed by atoms with Crippen LogP contribution in [0.25, 0.3) is 0 Å².